The van der Waals surface area contributed by atoms with E-state index >= 15 is 0 Å². The van der Waals surface area contributed by atoms with E-state index in [0.717, 1.165) is 5.69 Å². The lowest BCUT2D eigenvalue weighted by molar-refractivity contribution is -0.139. The van der Waals surface area contributed by atoms with Gasteiger partial charge in [0.25, 0.3) is 5.56 Å². The van der Waals surface area contributed by atoms with Crippen molar-refractivity contribution in [1.82, 2.24) is 4.57 Å². The summed E-state index contributed by atoms with van der Waals surface area (Å²) in [5.41, 5.74) is 1.11. The van der Waals surface area contributed by atoms with Gasteiger partial charge in [0.1, 0.15) is 6.61 Å². The average molecular weight is 221 g/mol. The first-order chi connectivity index (χ1) is 7.52. The zero-order valence-electron chi connectivity index (χ0n) is 9.53. The molecule has 0 saturated carbocycles. The lowest BCUT2D eigenvalue weighted by Crippen LogP contribution is -2.24. The molecule has 0 amide bonds. The van der Waals surface area contributed by atoms with Crippen LogP contribution < -0.4 is 5.56 Å². The third-order valence-corrected chi connectivity index (χ3v) is 2.16. The molecule has 4 heteroatoms. The summed E-state index contributed by atoms with van der Waals surface area (Å²) in [7, 11) is 0. The number of nitrogens with zero attached hydrogens (tertiary/aromatic N) is 1. The number of aryl methyl sites for hydroxylation is 1. The van der Waals surface area contributed by atoms with Crippen LogP contribution in [-0.4, -0.2) is 17.1 Å². The van der Waals surface area contributed by atoms with Crippen molar-refractivity contribution < 1.29 is 9.53 Å². The zero-order valence-corrected chi connectivity index (χ0v) is 9.53. The SMILES string of the molecule is C=C(C)C(=O)OCCn1c(C)cccc1=O. The third-order valence-electron chi connectivity index (χ3n) is 2.16. The molecule has 1 aromatic rings. The summed E-state index contributed by atoms with van der Waals surface area (Å²) in [6, 6.07) is 5.02. The Bertz CT molecular complexity index is 460. The maximum absolute atomic E-state index is 11.5. The second kappa shape index (κ2) is 5.30. The van der Waals surface area contributed by atoms with Crippen molar-refractivity contribution in [2.24, 2.45) is 0 Å². The Kier molecular flexibility index (Phi) is 4.05. The summed E-state index contributed by atoms with van der Waals surface area (Å²) in [6.07, 6.45) is 0. The molecule has 1 rings (SSSR count). The molecule has 0 bridgehead atoms. The number of ether oxygens (including phenoxy) is 1. The summed E-state index contributed by atoms with van der Waals surface area (Å²) in [4.78, 5) is 22.5. The molecule has 1 aromatic heterocycles. The second-order valence-corrected chi connectivity index (χ2v) is 3.57. The van der Waals surface area contributed by atoms with Crippen LogP contribution in [0, 0.1) is 6.92 Å². The number of carbonyl (C=O) groups is 1. The molecule has 0 atom stereocenters. The van der Waals surface area contributed by atoms with Gasteiger partial charge in [0, 0.05) is 17.3 Å². The maximum atomic E-state index is 11.5. The molecule has 0 aliphatic rings. The second-order valence-electron chi connectivity index (χ2n) is 3.57. The predicted molar refractivity (Wildman–Crippen MR) is 61.2 cm³/mol. The largest absolute Gasteiger partial charge is 0.460 e. The molecule has 1 heterocycles. The molecule has 4 nitrogen and oxygen atoms in total. The number of esters is 1. The number of hydrogen-bond acceptors (Lipinski definition) is 3. The summed E-state index contributed by atoms with van der Waals surface area (Å²) in [5.74, 6) is -0.429. The molecule has 16 heavy (non-hydrogen) atoms. The smallest absolute Gasteiger partial charge is 0.333 e. The van der Waals surface area contributed by atoms with Crippen molar-refractivity contribution in [1.29, 1.82) is 0 Å². The van der Waals surface area contributed by atoms with Crippen molar-refractivity contribution in [3.05, 3.63) is 46.4 Å². The molecule has 0 aliphatic carbocycles. The van der Waals surface area contributed by atoms with E-state index in [2.05, 4.69) is 6.58 Å². The molecule has 0 unspecified atom stereocenters. The highest BCUT2D eigenvalue weighted by Gasteiger charge is 2.04. The van der Waals surface area contributed by atoms with Gasteiger partial charge in [-0.1, -0.05) is 12.6 Å². The van der Waals surface area contributed by atoms with Gasteiger partial charge < -0.3 is 9.30 Å². The van der Waals surface area contributed by atoms with Gasteiger partial charge in [-0.2, -0.15) is 0 Å². The van der Waals surface area contributed by atoms with E-state index in [9.17, 15) is 9.59 Å². The van der Waals surface area contributed by atoms with Gasteiger partial charge in [-0.05, 0) is 19.9 Å². The van der Waals surface area contributed by atoms with Crippen LogP contribution in [0.4, 0.5) is 0 Å². The van der Waals surface area contributed by atoms with E-state index in [4.69, 9.17) is 4.74 Å². The summed E-state index contributed by atoms with van der Waals surface area (Å²) >= 11 is 0. The summed E-state index contributed by atoms with van der Waals surface area (Å²) in [5, 5.41) is 0. The van der Waals surface area contributed by atoms with E-state index in [1.54, 1.807) is 17.6 Å². The van der Waals surface area contributed by atoms with Crippen LogP contribution in [0.5, 0.6) is 0 Å². The van der Waals surface area contributed by atoms with Crippen LogP contribution in [0.1, 0.15) is 12.6 Å². The molecule has 0 saturated heterocycles. The van der Waals surface area contributed by atoms with Gasteiger partial charge in [0.15, 0.2) is 0 Å². The van der Waals surface area contributed by atoms with E-state index in [-0.39, 0.29) is 12.2 Å². The lowest BCUT2D eigenvalue weighted by Gasteiger charge is -2.09. The number of pyridine rings is 1. The van der Waals surface area contributed by atoms with Crippen molar-refractivity contribution in [2.75, 3.05) is 6.61 Å². The third kappa shape index (κ3) is 3.08. The molecule has 0 fully saturated rings. The molecule has 0 N–H and O–H groups in total. The highest BCUT2D eigenvalue weighted by Crippen LogP contribution is 1.96. The minimum Gasteiger partial charge on any atom is -0.460 e. The Morgan fingerprint density at radius 1 is 1.50 bits per heavy atom. The quantitative estimate of drug-likeness (QED) is 0.568. The van der Waals surface area contributed by atoms with Crippen molar-refractivity contribution >= 4 is 5.97 Å². The molecular formula is C12H15NO3. The minimum atomic E-state index is -0.429. The van der Waals surface area contributed by atoms with Crippen molar-refractivity contribution in [3.8, 4) is 0 Å². The van der Waals surface area contributed by atoms with Crippen LogP contribution in [-0.2, 0) is 16.1 Å². The van der Waals surface area contributed by atoms with E-state index in [1.807, 2.05) is 13.0 Å². The monoisotopic (exact) mass is 221 g/mol. The fraction of sp³-hybridized carbons (Fsp3) is 0.333. The first-order valence-electron chi connectivity index (χ1n) is 5.01. The fourth-order valence-corrected chi connectivity index (χ4v) is 1.26. The maximum Gasteiger partial charge on any atom is 0.333 e. The molecular weight excluding hydrogens is 206 g/mol. The first kappa shape index (κ1) is 12.2. The topological polar surface area (TPSA) is 48.3 Å². The van der Waals surface area contributed by atoms with Crippen LogP contribution in [0.2, 0.25) is 0 Å². The molecule has 0 aliphatic heterocycles. The van der Waals surface area contributed by atoms with Gasteiger partial charge in [-0.25, -0.2) is 4.79 Å². The van der Waals surface area contributed by atoms with E-state index < -0.39 is 5.97 Å². The Balaban J connectivity index is 2.59. The lowest BCUT2D eigenvalue weighted by atomic mass is 10.3. The van der Waals surface area contributed by atoms with Gasteiger partial charge in [-0.3, -0.25) is 4.79 Å². The molecule has 0 radical (unpaired) electrons. The number of aromatic nitrogens is 1. The van der Waals surface area contributed by atoms with E-state index in [1.165, 1.54) is 6.07 Å². The van der Waals surface area contributed by atoms with Gasteiger partial charge in [0.05, 0.1) is 6.54 Å². The summed E-state index contributed by atoms with van der Waals surface area (Å²) < 4.78 is 6.48. The standard InChI is InChI=1S/C12H15NO3/c1-9(2)12(15)16-8-7-13-10(3)5-4-6-11(13)14/h4-6H,1,7-8H2,2-3H3. The van der Waals surface area contributed by atoms with Crippen LogP contribution in [0.15, 0.2) is 35.1 Å². The van der Waals surface area contributed by atoms with Crippen LogP contribution in [0.25, 0.3) is 0 Å². The minimum absolute atomic E-state index is 0.0913. The van der Waals surface area contributed by atoms with Crippen LogP contribution in [0.3, 0.4) is 0 Å². The molecule has 0 spiro atoms. The van der Waals surface area contributed by atoms with Gasteiger partial charge >= 0.3 is 5.97 Å². The Hall–Kier alpha value is -1.84. The van der Waals surface area contributed by atoms with Crippen LogP contribution >= 0.6 is 0 Å². The number of rotatable bonds is 4. The van der Waals surface area contributed by atoms with Crippen molar-refractivity contribution in [3.63, 3.8) is 0 Å². The average Bonchev–Trinajstić information content (AvgIpc) is 2.22. The molecule has 86 valence electrons. The summed E-state index contributed by atoms with van der Waals surface area (Å²) in [6.45, 7) is 7.44. The Morgan fingerprint density at radius 3 is 2.75 bits per heavy atom. The Morgan fingerprint density at radius 2 is 2.19 bits per heavy atom. The van der Waals surface area contributed by atoms with E-state index in [0.29, 0.717) is 12.1 Å². The highest BCUT2D eigenvalue weighted by atomic mass is 16.5. The predicted octanol–water partition coefficient (Wildman–Crippen LogP) is 1.28. The normalized spacial score (nSPS) is 9.88. The fourth-order valence-electron chi connectivity index (χ4n) is 1.26. The molecule has 0 aromatic carbocycles. The van der Waals surface area contributed by atoms with Gasteiger partial charge in [0.2, 0.25) is 0 Å². The number of hydrogen-bond donors (Lipinski definition) is 0. The first-order valence-corrected chi connectivity index (χ1v) is 5.01. The number of carbonyl (C=O) groups excluding carboxylic acids is 1. The Labute approximate surface area is 94.2 Å². The highest BCUT2D eigenvalue weighted by molar-refractivity contribution is 5.86. The zero-order chi connectivity index (χ0) is 12.1. The van der Waals surface area contributed by atoms with Gasteiger partial charge in [-0.15, -0.1) is 0 Å². The van der Waals surface area contributed by atoms with Crippen molar-refractivity contribution in [2.45, 2.75) is 20.4 Å².